The summed E-state index contributed by atoms with van der Waals surface area (Å²) < 4.78 is 52.1. The number of amides is 1. The van der Waals surface area contributed by atoms with Crippen LogP contribution < -0.4 is 5.32 Å². The molecule has 2 aromatic rings. The molecule has 26 heavy (non-hydrogen) atoms. The van der Waals surface area contributed by atoms with Gasteiger partial charge in [-0.15, -0.1) is 0 Å². The van der Waals surface area contributed by atoms with Crippen molar-refractivity contribution in [2.75, 3.05) is 5.32 Å². The van der Waals surface area contributed by atoms with E-state index >= 15 is 0 Å². The van der Waals surface area contributed by atoms with Gasteiger partial charge >= 0.3 is 6.18 Å². The second-order valence-electron chi connectivity index (χ2n) is 5.50. The molecule has 1 amide bonds. The number of carbonyl (C=O) groups excluding carboxylic acids is 1. The van der Waals surface area contributed by atoms with E-state index in [-0.39, 0.29) is 28.4 Å². The number of rotatable bonds is 3. The minimum absolute atomic E-state index is 0.0311. The summed E-state index contributed by atoms with van der Waals surface area (Å²) in [5.74, 6) is -1.31. The highest BCUT2D eigenvalue weighted by Crippen LogP contribution is 2.31. The Morgan fingerprint density at radius 1 is 1.23 bits per heavy atom. The molecule has 1 aliphatic heterocycles. The van der Waals surface area contributed by atoms with Crippen molar-refractivity contribution in [2.45, 2.75) is 18.7 Å². The van der Waals surface area contributed by atoms with Crippen molar-refractivity contribution in [3.05, 3.63) is 64.4 Å². The molecule has 1 unspecified atom stereocenters. The molecule has 2 aromatic carbocycles. The number of carbonyl (C=O) groups is 1. The number of nitrogens with zero attached hydrogens (tertiary/aromatic N) is 1. The van der Waals surface area contributed by atoms with Crippen LogP contribution in [-0.4, -0.2) is 17.7 Å². The van der Waals surface area contributed by atoms with Crippen molar-refractivity contribution < 1.29 is 27.2 Å². The van der Waals surface area contributed by atoms with Gasteiger partial charge in [0.2, 0.25) is 6.10 Å². The number of hydrogen-bond acceptors (Lipinski definition) is 3. The number of anilines is 1. The van der Waals surface area contributed by atoms with Crippen LogP contribution in [0.15, 0.2) is 47.6 Å². The first-order valence-corrected chi connectivity index (χ1v) is 7.78. The summed E-state index contributed by atoms with van der Waals surface area (Å²) >= 11 is 5.94. The topological polar surface area (TPSA) is 50.7 Å². The van der Waals surface area contributed by atoms with Gasteiger partial charge in [-0.25, -0.2) is 4.39 Å². The molecule has 136 valence electrons. The van der Waals surface area contributed by atoms with E-state index in [0.717, 1.165) is 12.1 Å². The summed E-state index contributed by atoms with van der Waals surface area (Å²) in [6, 6.07) is 8.28. The lowest BCUT2D eigenvalue weighted by molar-refractivity contribution is -0.137. The molecular formula is C17H11ClF4N2O2. The average molecular weight is 387 g/mol. The first kappa shape index (κ1) is 18.2. The lowest BCUT2D eigenvalue weighted by atomic mass is 10.0. The van der Waals surface area contributed by atoms with Crippen LogP contribution in [0, 0.1) is 5.82 Å². The maximum atomic E-state index is 13.9. The van der Waals surface area contributed by atoms with Gasteiger partial charge in [0.05, 0.1) is 21.9 Å². The molecule has 0 fully saturated rings. The summed E-state index contributed by atoms with van der Waals surface area (Å²) in [5.41, 5.74) is -0.746. The third-order valence-corrected chi connectivity index (χ3v) is 3.99. The molecule has 1 heterocycles. The highest BCUT2D eigenvalue weighted by Gasteiger charge is 2.33. The smallest absolute Gasteiger partial charge is 0.382 e. The van der Waals surface area contributed by atoms with Crippen LogP contribution in [0.2, 0.25) is 5.02 Å². The Kier molecular flexibility index (Phi) is 4.86. The van der Waals surface area contributed by atoms with Gasteiger partial charge in [-0.3, -0.25) is 4.79 Å². The number of hydrogen-bond donors (Lipinski definition) is 1. The van der Waals surface area contributed by atoms with E-state index in [4.69, 9.17) is 16.4 Å². The van der Waals surface area contributed by atoms with Crippen molar-refractivity contribution in [2.24, 2.45) is 5.16 Å². The molecular weight excluding hydrogens is 376 g/mol. The van der Waals surface area contributed by atoms with E-state index in [0.29, 0.717) is 0 Å². The molecule has 0 spiro atoms. The third-order valence-electron chi connectivity index (χ3n) is 3.67. The van der Waals surface area contributed by atoms with E-state index in [1.807, 2.05) is 0 Å². The minimum Gasteiger partial charge on any atom is -0.382 e. The number of oxime groups is 1. The van der Waals surface area contributed by atoms with E-state index < -0.39 is 29.6 Å². The number of nitrogens with one attached hydrogen (secondary N) is 1. The maximum Gasteiger partial charge on any atom is 0.416 e. The second kappa shape index (κ2) is 6.95. The Morgan fingerprint density at radius 3 is 2.65 bits per heavy atom. The van der Waals surface area contributed by atoms with Crippen molar-refractivity contribution >= 4 is 28.9 Å². The first-order valence-electron chi connectivity index (χ1n) is 7.41. The normalized spacial score (nSPS) is 16.8. The Labute approximate surface area is 150 Å². The fraction of sp³-hybridized carbons (Fsp3) is 0.176. The van der Waals surface area contributed by atoms with Crippen LogP contribution in [0.4, 0.5) is 23.2 Å². The Bertz CT molecular complexity index is 863. The van der Waals surface area contributed by atoms with Gasteiger partial charge in [0.25, 0.3) is 5.91 Å². The maximum absolute atomic E-state index is 13.9. The number of benzene rings is 2. The van der Waals surface area contributed by atoms with E-state index in [9.17, 15) is 22.4 Å². The van der Waals surface area contributed by atoms with Crippen molar-refractivity contribution in [3.8, 4) is 0 Å². The molecule has 3 rings (SSSR count). The highest BCUT2D eigenvalue weighted by molar-refractivity contribution is 6.34. The molecule has 0 radical (unpaired) electrons. The van der Waals surface area contributed by atoms with Crippen LogP contribution in [-0.2, 0) is 15.8 Å². The zero-order chi connectivity index (χ0) is 18.9. The van der Waals surface area contributed by atoms with E-state index in [1.165, 1.54) is 30.3 Å². The fourth-order valence-corrected chi connectivity index (χ4v) is 2.71. The van der Waals surface area contributed by atoms with Crippen molar-refractivity contribution in [1.29, 1.82) is 0 Å². The molecule has 0 aliphatic carbocycles. The molecule has 9 heteroatoms. The Balaban J connectivity index is 1.70. The zero-order valence-electron chi connectivity index (χ0n) is 13.0. The van der Waals surface area contributed by atoms with Gasteiger partial charge in [-0.1, -0.05) is 28.9 Å². The van der Waals surface area contributed by atoms with Gasteiger partial charge in [-0.2, -0.15) is 13.2 Å². The van der Waals surface area contributed by atoms with E-state index in [2.05, 4.69) is 10.5 Å². The van der Waals surface area contributed by atoms with E-state index in [1.54, 1.807) is 0 Å². The van der Waals surface area contributed by atoms with Crippen molar-refractivity contribution in [1.82, 2.24) is 0 Å². The van der Waals surface area contributed by atoms with Crippen LogP contribution in [0.5, 0.6) is 0 Å². The molecule has 1 aliphatic rings. The molecule has 0 saturated heterocycles. The number of alkyl halides is 3. The number of halogens is 5. The summed E-state index contributed by atoms with van der Waals surface area (Å²) in [6.45, 7) is 0. The summed E-state index contributed by atoms with van der Waals surface area (Å²) in [7, 11) is 0. The Hall–Kier alpha value is -2.61. The lowest BCUT2D eigenvalue weighted by Gasteiger charge is -2.12. The minimum atomic E-state index is -4.53. The summed E-state index contributed by atoms with van der Waals surface area (Å²) in [4.78, 5) is 17.2. The molecule has 0 aromatic heterocycles. The highest BCUT2D eigenvalue weighted by atomic mass is 35.5. The molecule has 4 nitrogen and oxygen atoms in total. The predicted molar refractivity (Wildman–Crippen MR) is 87.5 cm³/mol. The van der Waals surface area contributed by atoms with Gasteiger partial charge in [0, 0.05) is 12.1 Å². The van der Waals surface area contributed by atoms with Gasteiger partial charge in [0.15, 0.2) is 0 Å². The third kappa shape index (κ3) is 3.80. The van der Waals surface area contributed by atoms with Crippen LogP contribution in [0.3, 0.4) is 0 Å². The summed E-state index contributed by atoms with van der Waals surface area (Å²) in [5, 5.41) is 6.13. The fourth-order valence-electron chi connectivity index (χ4n) is 2.44. The average Bonchev–Trinajstić information content (AvgIpc) is 3.04. The van der Waals surface area contributed by atoms with Crippen LogP contribution in [0.25, 0.3) is 0 Å². The van der Waals surface area contributed by atoms with Crippen LogP contribution in [0.1, 0.15) is 17.5 Å². The molecule has 0 bridgehead atoms. The van der Waals surface area contributed by atoms with Gasteiger partial charge in [-0.05, 0) is 30.3 Å². The monoisotopic (exact) mass is 386 g/mol. The lowest BCUT2D eigenvalue weighted by Crippen LogP contribution is -2.28. The standard InChI is InChI=1S/C17H11ClF4N2O2/c18-11-5-2-6-12(19)15(11)13-8-14(26-24-13)16(25)23-10-4-1-3-9(7-10)17(20,21)22/h1-7,14H,8H2,(H,23,25). The van der Waals surface area contributed by atoms with Crippen LogP contribution >= 0.6 is 11.6 Å². The second-order valence-corrected chi connectivity index (χ2v) is 5.91. The SMILES string of the molecule is O=C(Nc1cccc(C(F)(F)F)c1)C1CC(c2c(F)cccc2Cl)=NO1. The molecule has 1 atom stereocenters. The zero-order valence-corrected chi connectivity index (χ0v) is 13.7. The quantitative estimate of drug-likeness (QED) is 0.782. The Morgan fingerprint density at radius 2 is 1.96 bits per heavy atom. The summed E-state index contributed by atoms with van der Waals surface area (Å²) in [6.07, 6.45) is -5.69. The predicted octanol–water partition coefficient (Wildman–Crippen LogP) is 4.63. The first-order chi connectivity index (χ1) is 12.3. The van der Waals surface area contributed by atoms with Crippen molar-refractivity contribution in [3.63, 3.8) is 0 Å². The largest absolute Gasteiger partial charge is 0.416 e. The molecule has 0 saturated carbocycles. The molecule has 1 N–H and O–H groups in total. The van der Waals surface area contributed by atoms with Gasteiger partial charge < -0.3 is 10.2 Å². The van der Waals surface area contributed by atoms with Gasteiger partial charge in [0.1, 0.15) is 5.82 Å².